The van der Waals surface area contributed by atoms with E-state index in [9.17, 15) is 14.7 Å². The summed E-state index contributed by atoms with van der Waals surface area (Å²) < 4.78 is 9.72. The summed E-state index contributed by atoms with van der Waals surface area (Å²) in [5, 5.41) is 12.2. The molecule has 0 spiro atoms. The molecule has 1 rings (SSSR count). The highest BCUT2D eigenvalue weighted by molar-refractivity contribution is 5.69. The highest BCUT2D eigenvalue weighted by Gasteiger charge is 2.33. The number of likely N-dealkylation sites (tertiary alicyclic amines) is 1. The molecular weight excluding hydrogens is 288 g/mol. The Balaban J connectivity index is 2.42. The van der Waals surface area contributed by atoms with E-state index in [-0.39, 0.29) is 32.3 Å². The molecular formula is C15H22N2O5. The van der Waals surface area contributed by atoms with Gasteiger partial charge in [0, 0.05) is 6.54 Å². The summed E-state index contributed by atoms with van der Waals surface area (Å²) in [6.07, 6.45) is 5.21. The lowest BCUT2D eigenvalue weighted by molar-refractivity contribution is 0.107. The van der Waals surface area contributed by atoms with Crippen LogP contribution in [0.15, 0.2) is 37.5 Å². The van der Waals surface area contributed by atoms with Crippen molar-refractivity contribution in [2.45, 2.75) is 18.6 Å². The second kappa shape index (κ2) is 9.62. The number of carbonyl (C=O) groups excluding carboxylic acids is 2. The molecule has 0 aliphatic carbocycles. The van der Waals surface area contributed by atoms with Crippen molar-refractivity contribution in [2.24, 2.45) is 0 Å². The van der Waals surface area contributed by atoms with E-state index in [2.05, 4.69) is 18.5 Å². The van der Waals surface area contributed by atoms with Crippen LogP contribution in [0.5, 0.6) is 0 Å². The van der Waals surface area contributed by atoms with Crippen LogP contribution in [0, 0.1) is 0 Å². The maximum absolute atomic E-state index is 11.8. The molecule has 0 unspecified atom stereocenters. The highest BCUT2D eigenvalue weighted by Crippen LogP contribution is 2.19. The lowest BCUT2D eigenvalue weighted by Crippen LogP contribution is -2.35. The molecule has 22 heavy (non-hydrogen) atoms. The van der Waals surface area contributed by atoms with Gasteiger partial charge in [-0.15, -0.1) is 0 Å². The van der Waals surface area contributed by atoms with Crippen molar-refractivity contribution in [1.29, 1.82) is 0 Å². The van der Waals surface area contributed by atoms with Crippen molar-refractivity contribution in [3.63, 3.8) is 0 Å². The van der Waals surface area contributed by atoms with Crippen LogP contribution in [0.3, 0.4) is 0 Å². The zero-order valence-corrected chi connectivity index (χ0v) is 12.4. The van der Waals surface area contributed by atoms with Crippen LogP contribution in [-0.2, 0) is 9.47 Å². The molecule has 2 N–H and O–H groups in total. The maximum atomic E-state index is 11.8. The third-order valence-corrected chi connectivity index (χ3v) is 2.94. The van der Waals surface area contributed by atoms with Gasteiger partial charge in [0.05, 0.1) is 18.7 Å². The van der Waals surface area contributed by atoms with Gasteiger partial charge in [0.1, 0.15) is 13.2 Å². The number of nitrogens with one attached hydrogen (secondary N) is 1. The number of nitrogens with zero attached hydrogens (tertiary/aromatic N) is 1. The molecule has 1 aliphatic heterocycles. The van der Waals surface area contributed by atoms with Crippen molar-refractivity contribution in [3.8, 4) is 0 Å². The molecule has 2 amide bonds. The molecule has 0 aromatic heterocycles. The van der Waals surface area contributed by atoms with E-state index in [1.165, 1.54) is 17.1 Å². The van der Waals surface area contributed by atoms with E-state index in [0.29, 0.717) is 6.42 Å². The number of rotatable bonds is 7. The molecule has 122 valence electrons. The molecule has 1 heterocycles. The van der Waals surface area contributed by atoms with Crippen molar-refractivity contribution in [2.75, 3.05) is 26.3 Å². The van der Waals surface area contributed by atoms with Crippen molar-refractivity contribution in [1.82, 2.24) is 10.2 Å². The molecule has 0 bridgehead atoms. The monoisotopic (exact) mass is 310 g/mol. The minimum atomic E-state index is -0.587. The van der Waals surface area contributed by atoms with E-state index >= 15 is 0 Å². The number of aliphatic hydroxyl groups is 1. The van der Waals surface area contributed by atoms with Crippen LogP contribution in [0.25, 0.3) is 0 Å². The number of amides is 2. The molecule has 0 radical (unpaired) electrons. The summed E-state index contributed by atoms with van der Waals surface area (Å²) in [5.41, 5.74) is 0. The summed E-state index contributed by atoms with van der Waals surface area (Å²) in [5.74, 6) is 0. The SMILES string of the molecule is C=CCOC(=O)NC/C=C/[C@@H]1C[C@@H](O)CN1C(=O)OCC=C. The number of ether oxygens (including phenoxy) is 2. The maximum Gasteiger partial charge on any atom is 0.410 e. The Kier molecular flexibility index (Phi) is 7.77. The van der Waals surface area contributed by atoms with Gasteiger partial charge in [-0.1, -0.05) is 37.5 Å². The molecule has 2 atom stereocenters. The van der Waals surface area contributed by atoms with Crippen LogP contribution in [0.4, 0.5) is 9.59 Å². The predicted octanol–water partition coefficient (Wildman–Crippen LogP) is 1.21. The lowest BCUT2D eigenvalue weighted by atomic mass is 10.2. The predicted molar refractivity (Wildman–Crippen MR) is 81.4 cm³/mol. The molecule has 0 aromatic carbocycles. The minimum absolute atomic E-state index is 0.124. The normalized spacial score (nSPS) is 20.7. The zero-order chi connectivity index (χ0) is 16.4. The van der Waals surface area contributed by atoms with E-state index in [1.807, 2.05) is 0 Å². The van der Waals surface area contributed by atoms with E-state index in [0.717, 1.165) is 0 Å². The van der Waals surface area contributed by atoms with Crippen LogP contribution in [0.1, 0.15) is 6.42 Å². The van der Waals surface area contributed by atoms with Crippen molar-refractivity contribution >= 4 is 12.2 Å². The van der Waals surface area contributed by atoms with E-state index in [1.54, 1.807) is 12.2 Å². The van der Waals surface area contributed by atoms with Gasteiger partial charge >= 0.3 is 12.2 Å². The number of β-amino-alcohol motifs (C(OH)–C–C–N with tert-alkyl or cyclic N) is 1. The second-order valence-corrected chi connectivity index (χ2v) is 4.67. The molecule has 7 heteroatoms. The van der Waals surface area contributed by atoms with Gasteiger partial charge in [-0.25, -0.2) is 9.59 Å². The summed E-state index contributed by atoms with van der Waals surface area (Å²) >= 11 is 0. The zero-order valence-electron chi connectivity index (χ0n) is 12.4. The molecule has 1 saturated heterocycles. The lowest BCUT2D eigenvalue weighted by Gasteiger charge is -2.20. The minimum Gasteiger partial charge on any atom is -0.445 e. The van der Waals surface area contributed by atoms with Crippen LogP contribution in [-0.4, -0.2) is 60.6 Å². The molecule has 1 aliphatic rings. The average Bonchev–Trinajstić information content (AvgIpc) is 2.88. The Morgan fingerprint density at radius 3 is 2.64 bits per heavy atom. The number of carbonyl (C=O) groups is 2. The molecule has 7 nitrogen and oxygen atoms in total. The Morgan fingerprint density at radius 1 is 1.27 bits per heavy atom. The van der Waals surface area contributed by atoms with Crippen molar-refractivity contribution in [3.05, 3.63) is 37.5 Å². The third-order valence-electron chi connectivity index (χ3n) is 2.94. The van der Waals surface area contributed by atoms with Crippen LogP contribution < -0.4 is 5.32 Å². The van der Waals surface area contributed by atoms with Crippen LogP contribution >= 0.6 is 0 Å². The van der Waals surface area contributed by atoms with Gasteiger partial charge in [0.2, 0.25) is 0 Å². The number of hydrogen-bond donors (Lipinski definition) is 2. The molecule has 0 aromatic rings. The second-order valence-electron chi connectivity index (χ2n) is 4.67. The van der Waals surface area contributed by atoms with Gasteiger partial charge in [-0.05, 0) is 6.42 Å². The largest absolute Gasteiger partial charge is 0.445 e. The summed E-state index contributed by atoms with van der Waals surface area (Å²) in [7, 11) is 0. The first-order valence-corrected chi connectivity index (χ1v) is 6.99. The Bertz CT molecular complexity index is 436. The topological polar surface area (TPSA) is 88.1 Å². The van der Waals surface area contributed by atoms with E-state index in [4.69, 9.17) is 9.47 Å². The first kappa shape index (κ1) is 17.8. The smallest absolute Gasteiger partial charge is 0.410 e. The van der Waals surface area contributed by atoms with Gasteiger partial charge in [-0.3, -0.25) is 4.90 Å². The Hall–Kier alpha value is -2.28. The number of hydrogen-bond acceptors (Lipinski definition) is 5. The average molecular weight is 310 g/mol. The number of alkyl carbamates (subject to hydrolysis) is 1. The van der Waals surface area contributed by atoms with Gasteiger partial charge in [0.15, 0.2) is 0 Å². The summed E-state index contributed by atoms with van der Waals surface area (Å²) in [6, 6.07) is -0.265. The number of aliphatic hydroxyl groups excluding tert-OH is 1. The summed E-state index contributed by atoms with van der Waals surface area (Å²) in [4.78, 5) is 24.5. The third kappa shape index (κ3) is 6.01. The molecule has 1 fully saturated rings. The first-order chi connectivity index (χ1) is 10.6. The van der Waals surface area contributed by atoms with Gasteiger partial charge < -0.3 is 19.9 Å². The standard InChI is InChI=1S/C15H22N2O5/c1-3-8-21-14(19)16-7-5-6-12-10-13(18)11-17(12)15(20)22-9-4-2/h3-6,12-13,18H,1-2,7-11H2,(H,16,19)/b6-5+/t12-,13-/m1/s1. The Morgan fingerprint density at radius 2 is 1.95 bits per heavy atom. The fraction of sp³-hybridized carbons (Fsp3) is 0.467. The quantitative estimate of drug-likeness (QED) is 0.690. The fourth-order valence-electron chi connectivity index (χ4n) is 2.00. The fourth-order valence-corrected chi connectivity index (χ4v) is 2.00. The summed E-state index contributed by atoms with van der Waals surface area (Å²) in [6.45, 7) is 7.66. The Labute approximate surface area is 129 Å². The van der Waals surface area contributed by atoms with E-state index < -0.39 is 18.3 Å². The van der Waals surface area contributed by atoms with Crippen LogP contribution in [0.2, 0.25) is 0 Å². The van der Waals surface area contributed by atoms with Gasteiger partial charge in [0.25, 0.3) is 0 Å². The highest BCUT2D eigenvalue weighted by atomic mass is 16.6. The first-order valence-electron chi connectivity index (χ1n) is 6.99. The van der Waals surface area contributed by atoms with Gasteiger partial charge in [-0.2, -0.15) is 0 Å². The molecule has 0 saturated carbocycles. The van der Waals surface area contributed by atoms with Crippen molar-refractivity contribution < 1.29 is 24.2 Å².